The maximum atomic E-state index is 12.8. The average Bonchev–Trinajstić information content (AvgIpc) is 3.29. The molecule has 0 aromatic carbocycles. The molecule has 0 aliphatic carbocycles. The van der Waals surface area contributed by atoms with Crippen LogP contribution in [-0.2, 0) is 28.6 Å². The molecule has 0 bridgehead atoms. The normalized spacial score (nSPS) is 13.0. The Kier molecular flexibility index (Phi) is 48.5. The van der Waals surface area contributed by atoms with E-state index in [0.29, 0.717) is 19.3 Å². The lowest BCUT2D eigenvalue weighted by Gasteiger charge is -2.18. The number of esters is 3. The summed E-state index contributed by atoms with van der Waals surface area (Å²) in [5.74, 6) is -1.00. The molecule has 6 nitrogen and oxygen atoms in total. The second kappa shape index (κ2) is 51.7. The standard InChI is InChI=1S/C58H94O6/c1-4-7-10-13-16-19-22-25-27-29-31-33-36-39-42-45-48-51-57(60)63-54-55(53-62-56(59)50-47-44-41-38-35-32-24-21-18-15-12-9-6-3)64-58(61)52-49-46-43-40-37-34-30-28-26-23-20-17-14-11-8-5-2/h8-9,11-12,15,17-18,20-21,24-28,31,33,39,42,55H,4-7,10,13-14,16,19,22-23,29-30,32,34-38,40-41,43-54H2,1-3H3/b11-8-,12-9-,18-15-,20-17-,24-21-,27-25-,28-26-,33-31-,42-39-. The zero-order valence-electron chi connectivity index (χ0n) is 41.3. The van der Waals surface area contributed by atoms with Crippen molar-refractivity contribution in [3.63, 3.8) is 0 Å². The van der Waals surface area contributed by atoms with E-state index in [1.54, 1.807) is 0 Å². The van der Waals surface area contributed by atoms with Crippen molar-refractivity contribution < 1.29 is 28.6 Å². The van der Waals surface area contributed by atoms with Gasteiger partial charge in [-0.15, -0.1) is 0 Å². The third-order valence-corrected chi connectivity index (χ3v) is 10.6. The lowest BCUT2D eigenvalue weighted by molar-refractivity contribution is -0.167. The van der Waals surface area contributed by atoms with Gasteiger partial charge in [0, 0.05) is 19.3 Å². The van der Waals surface area contributed by atoms with Crippen LogP contribution < -0.4 is 0 Å². The third-order valence-electron chi connectivity index (χ3n) is 10.6. The smallest absolute Gasteiger partial charge is 0.306 e. The molecule has 1 atom stereocenters. The second-order valence-electron chi connectivity index (χ2n) is 16.7. The molecule has 0 saturated heterocycles. The van der Waals surface area contributed by atoms with Crippen LogP contribution in [0.5, 0.6) is 0 Å². The van der Waals surface area contributed by atoms with Crippen molar-refractivity contribution in [3.8, 4) is 0 Å². The summed E-state index contributed by atoms with van der Waals surface area (Å²) in [5.41, 5.74) is 0. The Morgan fingerprint density at radius 1 is 0.344 bits per heavy atom. The fraction of sp³-hybridized carbons (Fsp3) is 0.638. The van der Waals surface area contributed by atoms with E-state index in [1.807, 2.05) is 0 Å². The molecule has 362 valence electrons. The molecule has 1 unspecified atom stereocenters. The molecular formula is C58H94O6. The molecule has 0 aromatic rings. The Bertz CT molecular complexity index is 1340. The largest absolute Gasteiger partial charge is 0.462 e. The fourth-order valence-corrected chi connectivity index (χ4v) is 6.71. The fourth-order valence-electron chi connectivity index (χ4n) is 6.71. The summed E-state index contributed by atoms with van der Waals surface area (Å²) in [6, 6.07) is 0. The van der Waals surface area contributed by atoms with Gasteiger partial charge in [0.05, 0.1) is 0 Å². The van der Waals surface area contributed by atoms with Crippen LogP contribution in [0.4, 0.5) is 0 Å². The topological polar surface area (TPSA) is 78.9 Å². The van der Waals surface area contributed by atoms with Crippen molar-refractivity contribution in [1.29, 1.82) is 0 Å². The van der Waals surface area contributed by atoms with Crippen LogP contribution in [0.2, 0.25) is 0 Å². The predicted octanol–water partition coefficient (Wildman–Crippen LogP) is 17.1. The molecule has 0 radical (unpaired) electrons. The molecule has 0 aliphatic rings. The van der Waals surface area contributed by atoms with Crippen molar-refractivity contribution in [2.45, 2.75) is 226 Å². The number of hydrogen-bond acceptors (Lipinski definition) is 6. The van der Waals surface area contributed by atoms with Gasteiger partial charge in [-0.3, -0.25) is 14.4 Å². The Labute approximate surface area is 393 Å². The molecule has 0 aliphatic heterocycles. The molecule has 0 amide bonds. The lowest BCUT2D eigenvalue weighted by atomic mass is 10.1. The number of carbonyl (C=O) groups is 3. The predicted molar refractivity (Wildman–Crippen MR) is 274 cm³/mol. The van der Waals surface area contributed by atoms with Gasteiger partial charge in [0.1, 0.15) is 13.2 Å². The zero-order chi connectivity index (χ0) is 46.5. The Hall–Kier alpha value is -3.93. The maximum absolute atomic E-state index is 12.8. The van der Waals surface area contributed by atoms with Gasteiger partial charge in [-0.2, -0.15) is 0 Å². The minimum Gasteiger partial charge on any atom is -0.462 e. The second-order valence-corrected chi connectivity index (χ2v) is 16.7. The van der Waals surface area contributed by atoms with E-state index in [1.165, 1.54) is 57.8 Å². The van der Waals surface area contributed by atoms with Crippen LogP contribution >= 0.6 is 0 Å². The molecule has 0 saturated carbocycles. The van der Waals surface area contributed by atoms with Crippen molar-refractivity contribution >= 4 is 17.9 Å². The van der Waals surface area contributed by atoms with E-state index >= 15 is 0 Å². The van der Waals surface area contributed by atoms with E-state index in [4.69, 9.17) is 14.2 Å². The summed E-state index contributed by atoms with van der Waals surface area (Å²) in [6.45, 7) is 6.30. The summed E-state index contributed by atoms with van der Waals surface area (Å²) in [5, 5.41) is 0. The molecule has 0 fully saturated rings. The highest BCUT2D eigenvalue weighted by molar-refractivity contribution is 5.71. The van der Waals surface area contributed by atoms with Crippen LogP contribution in [0.3, 0.4) is 0 Å². The molecule has 64 heavy (non-hydrogen) atoms. The van der Waals surface area contributed by atoms with Crippen LogP contribution in [0, 0.1) is 0 Å². The van der Waals surface area contributed by atoms with Gasteiger partial charge in [0.25, 0.3) is 0 Å². The lowest BCUT2D eigenvalue weighted by Crippen LogP contribution is -2.30. The Morgan fingerprint density at radius 2 is 0.703 bits per heavy atom. The van der Waals surface area contributed by atoms with Crippen molar-refractivity contribution in [2.24, 2.45) is 0 Å². The molecular weight excluding hydrogens is 793 g/mol. The first-order valence-corrected chi connectivity index (χ1v) is 25.9. The number of unbranched alkanes of at least 4 members (excludes halogenated alkanes) is 18. The number of carbonyl (C=O) groups excluding carboxylic acids is 3. The molecule has 0 spiro atoms. The van der Waals surface area contributed by atoms with Crippen LogP contribution in [0.25, 0.3) is 0 Å². The Balaban J connectivity index is 4.52. The Morgan fingerprint density at radius 3 is 1.19 bits per heavy atom. The zero-order valence-corrected chi connectivity index (χ0v) is 41.3. The summed E-state index contributed by atoms with van der Waals surface area (Å²) in [6.07, 6.45) is 69.3. The number of hydrogen-bond donors (Lipinski definition) is 0. The van der Waals surface area contributed by atoms with E-state index in [-0.39, 0.29) is 37.5 Å². The van der Waals surface area contributed by atoms with Gasteiger partial charge in [-0.1, -0.05) is 207 Å². The molecule has 0 aromatic heterocycles. The van der Waals surface area contributed by atoms with Crippen molar-refractivity contribution in [2.75, 3.05) is 13.2 Å². The monoisotopic (exact) mass is 887 g/mol. The third kappa shape index (κ3) is 49.1. The summed E-state index contributed by atoms with van der Waals surface area (Å²) < 4.78 is 16.7. The minimum absolute atomic E-state index is 0.112. The first-order chi connectivity index (χ1) is 31.5. The summed E-state index contributed by atoms with van der Waals surface area (Å²) in [4.78, 5) is 38.0. The maximum Gasteiger partial charge on any atom is 0.306 e. The van der Waals surface area contributed by atoms with Crippen molar-refractivity contribution in [1.82, 2.24) is 0 Å². The van der Waals surface area contributed by atoms with Gasteiger partial charge in [0.15, 0.2) is 6.10 Å². The number of rotatable bonds is 45. The van der Waals surface area contributed by atoms with Crippen LogP contribution in [0.15, 0.2) is 109 Å². The highest BCUT2D eigenvalue weighted by Crippen LogP contribution is 2.13. The van der Waals surface area contributed by atoms with E-state index in [2.05, 4.69) is 130 Å². The van der Waals surface area contributed by atoms with Gasteiger partial charge in [0.2, 0.25) is 0 Å². The average molecular weight is 887 g/mol. The molecule has 0 N–H and O–H groups in total. The van der Waals surface area contributed by atoms with E-state index < -0.39 is 6.10 Å². The van der Waals surface area contributed by atoms with Crippen LogP contribution in [-0.4, -0.2) is 37.2 Å². The minimum atomic E-state index is -0.815. The van der Waals surface area contributed by atoms with E-state index in [0.717, 1.165) is 116 Å². The number of allylic oxidation sites excluding steroid dienone is 18. The van der Waals surface area contributed by atoms with Gasteiger partial charge < -0.3 is 14.2 Å². The SMILES string of the molecule is CC\C=C/C=C\C=C/CCCCCCCC(=O)OCC(COC(=O)CCC/C=C\C/C=C\C/C=C\CCCCCCCC)OC(=O)CCCCCCCC/C=C\C/C=C\C/C=C\CC. The molecule has 0 rings (SSSR count). The summed E-state index contributed by atoms with van der Waals surface area (Å²) in [7, 11) is 0. The quantitative estimate of drug-likeness (QED) is 0.0199. The van der Waals surface area contributed by atoms with E-state index in [9.17, 15) is 14.4 Å². The highest BCUT2D eigenvalue weighted by Gasteiger charge is 2.19. The molecule has 6 heteroatoms. The first kappa shape index (κ1) is 60.1. The van der Waals surface area contributed by atoms with Crippen molar-refractivity contribution in [3.05, 3.63) is 109 Å². The first-order valence-electron chi connectivity index (χ1n) is 25.9. The van der Waals surface area contributed by atoms with Gasteiger partial charge >= 0.3 is 17.9 Å². The highest BCUT2D eigenvalue weighted by atomic mass is 16.6. The summed E-state index contributed by atoms with van der Waals surface area (Å²) >= 11 is 0. The number of ether oxygens (including phenoxy) is 3. The van der Waals surface area contributed by atoms with Gasteiger partial charge in [-0.05, 0) is 103 Å². The molecule has 0 heterocycles. The van der Waals surface area contributed by atoms with Crippen LogP contribution in [0.1, 0.15) is 220 Å². The van der Waals surface area contributed by atoms with Gasteiger partial charge in [-0.25, -0.2) is 0 Å².